The summed E-state index contributed by atoms with van der Waals surface area (Å²) in [6.07, 6.45) is 3.12. The second-order valence-electron chi connectivity index (χ2n) is 5.02. The van der Waals surface area contributed by atoms with Crippen LogP contribution in [0.2, 0.25) is 0 Å². The number of carboxylic acids is 1. The molecule has 0 aliphatic heterocycles. The molecule has 1 aromatic heterocycles. The Labute approximate surface area is 121 Å². The Morgan fingerprint density at radius 2 is 2.25 bits per heavy atom. The Hall–Kier alpha value is -1.60. The fourth-order valence-corrected chi connectivity index (χ4v) is 2.77. The van der Waals surface area contributed by atoms with Crippen LogP contribution in [0.1, 0.15) is 29.6 Å². The molecule has 1 aliphatic rings. The van der Waals surface area contributed by atoms with Crippen molar-refractivity contribution in [1.29, 1.82) is 0 Å². The smallest absolute Gasteiger partial charge is 0.338 e. The van der Waals surface area contributed by atoms with Gasteiger partial charge >= 0.3 is 12.0 Å². The summed E-state index contributed by atoms with van der Waals surface area (Å²) in [4.78, 5) is 22.7. The number of carbonyl (C=O) groups is 2. The molecule has 0 atom stereocenters. The minimum absolute atomic E-state index is 0.116. The molecular weight excluding hydrogens is 280 g/mol. The van der Waals surface area contributed by atoms with Crippen molar-refractivity contribution in [3.63, 3.8) is 0 Å². The summed E-state index contributed by atoms with van der Waals surface area (Å²) in [5.74, 6) is -1.04. The van der Waals surface area contributed by atoms with Crippen LogP contribution in [0.4, 0.5) is 9.80 Å². The maximum absolute atomic E-state index is 11.8. The molecule has 0 bridgehead atoms. The average Bonchev–Trinajstić information content (AvgIpc) is 3.04. The van der Waals surface area contributed by atoms with Crippen LogP contribution in [0, 0.1) is 5.41 Å². The lowest BCUT2D eigenvalue weighted by Crippen LogP contribution is -2.34. The summed E-state index contributed by atoms with van der Waals surface area (Å²) in [6, 6.07) is 1.11. The van der Waals surface area contributed by atoms with Crippen LogP contribution in [0.25, 0.3) is 0 Å². The van der Waals surface area contributed by atoms with Gasteiger partial charge in [0.25, 0.3) is 0 Å². The minimum Gasteiger partial charge on any atom is -0.478 e. The molecule has 0 aromatic carbocycles. The van der Waals surface area contributed by atoms with Gasteiger partial charge in [0, 0.05) is 20.3 Å². The van der Waals surface area contributed by atoms with Crippen LogP contribution in [-0.2, 0) is 4.74 Å². The standard InChI is InChI=1S/C13H18N2O4S/c1-19-6-5-13(3-4-13)8-14-12(18)15-10-9(11(16)17)2-7-20-10/h2,7H,3-6,8H2,1H3,(H,16,17)(H2,14,15,18). The van der Waals surface area contributed by atoms with E-state index in [4.69, 9.17) is 9.84 Å². The quantitative estimate of drug-likeness (QED) is 0.721. The van der Waals surface area contributed by atoms with Crippen LogP contribution in [-0.4, -0.2) is 37.4 Å². The molecule has 7 heteroatoms. The predicted molar refractivity (Wildman–Crippen MR) is 76.5 cm³/mol. The van der Waals surface area contributed by atoms with Crippen molar-refractivity contribution >= 4 is 28.3 Å². The fourth-order valence-electron chi connectivity index (χ4n) is 2.00. The molecule has 1 heterocycles. The van der Waals surface area contributed by atoms with Crippen LogP contribution in [0.3, 0.4) is 0 Å². The molecule has 20 heavy (non-hydrogen) atoms. The molecule has 1 aromatic rings. The maximum Gasteiger partial charge on any atom is 0.338 e. The molecule has 1 aliphatic carbocycles. The number of carbonyl (C=O) groups excluding carboxylic acids is 1. The lowest BCUT2D eigenvalue weighted by molar-refractivity contribution is 0.0698. The van der Waals surface area contributed by atoms with Crippen molar-refractivity contribution in [2.75, 3.05) is 25.6 Å². The SMILES string of the molecule is COCCC1(CNC(=O)Nc2sccc2C(=O)O)CC1. The highest BCUT2D eigenvalue weighted by Crippen LogP contribution is 2.48. The molecule has 1 saturated carbocycles. The zero-order valence-electron chi connectivity index (χ0n) is 11.3. The number of amides is 2. The van der Waals surface area contributed by atoms with Crippen molar-refractivity contribution in [2.45, 2.75) is 19.3 Å². The summed E-state index contributed by atoms with van der Waals surface area (Å²) >= 11 is 1.20. The van der Waals surface area contributed by atoms with Crippen LogP contribution in [0.5, 0.6) is 0 Å². The molecule has 0 unspecified atom stereocenters. The molecule has 110 valence electrons. The van der Waals surface area contributed by atoms with Crippen molar-refractivity contribution in [1.82, 2.24) is 5.32 Å². The number of methoxy groups -OCH3 is 1. The van der Waals surface area contributed by atoms with E-state index in [-0.39, 0.29) is 17.0 Å². The van der Waals surface area contributed by atoms with Gasteiger partial charge in [0.15, 0.2) is 0 Å². The highest BCUT2D eigenvalue weighted by molar-refractivity contribution is 7.14. The zero-order chi connectivity index (χ0) is 14.6. The summed E-state index contributed by atoms with van der Waals surface area (Å²) in [5, 5.41) is 16.3. The normalized spacial score (nSPS) is 15.7. The number of nitrogens with one attached hydrogen (secondary N) is 2. The molecule has 0 spiro atoms. The first kappa shape index (κ1) is 14.8. The van der Waals surface area contributed by atoms with Gasteiger partial charge in [-0.15, -0.1) is 11.3 Å². The van der Waals surface area contributed by atoms with Gasteiger partial charge in [0.2, 0.25) is 0 Å². The minimum atomic E-state index is -1.04. The molecule has 1 fully saturated rings. The van der Waals surface area contributed by atoms with Gasteiger partial charge in [0.05, 0.1) is 5.56 Å². The molecule has 3 N–H and O–H groups in total. The highest BCUT2D eigenvalue weighted by Gasteiger charge is 2.42. The van der Waals surface area contributed by atoms with E-state index >= 15 is 0 Å². The topological polar surface area (TPSA) is 87.7 Å². The Bertz CT molecular complexity index is 496. The Kier molecular flexibility index (Phi) is 4.61. The summed E-state index contributed by atoms with van der Waals surface area (Å²) in [7, 11) is 1.67. The zero-order valence-corrected chi connectivity index (χ0v) is 12.1. The number of rotatable bonds is 7. The number of hydrogen-bond donors (Lipinski definition) is 3. The molecule has 0 saturated heterocycles. The second kappa shape index (κ2) is 6.23. The third kappa shape index (κ3) is 3.71. The first-order valence-corrected chi connectivity index (χ1v) is 7.29. The second-order valence-corrected chi connectivity index (χ2v) is 5.94. The van der Waals surface area contributed by atoms with E-state index in [1.807, 2.05) is 0 Å². The van der Waals surface area contributed by atoms with E-state index in [0.29, 0.717) is 18.2 Å². The predicted octanol–water partition coefficient (Wildman–Crippen LogP) is 2.38. The number of anilines is 1. The van der Waals surface area contributed by atoms with Gasteiger partial charge in [-0.05, 0) is 36.1 Å². The van der Waals surface area contributed by atoms with Crippen LogP contribution < -0.4 is 10.6 Å². The van der Waals surface area contributed by atoms with E-state index in [2.05, 4.69) is 10.6 Å². The Morgan fingerprint density at radius 1 is 1.50 bits per heavy atom. The van der Waals surface area contributed by atoms with Crippen LogP contribution in [0.15, 0.2) is 11.4 Å². The van der Waals surface area contributed by atoms with Crippen molar-refractivity contribution in [3.05, 3.63) is 17.0 Å². The van der Waals surface area contributed by atoms with E-state index in [0.717, 1.165) is 19.3 Å². The van der Waals surface area contributed by atoms with Crippen molar-refractivity contribution in [2.24, 2.45) is 5.41 Å². The van der Waals surface area contributed by atoms with Gasteiger partial charge in [-0.3, -0.25) is 5.32 Å². The van der Waals surface area contributed by atoms with Crippen LogP contribution >= 0.6 is 11.3 Å². The first-order chi connectivity index (χ1) is 9.56. The molecule has 6 nitrogen and oxygen atoms in total. The monoisotopic (exact) mass is 298 g/mol. The maximum atomic E-state index is 11.8. The van der Waals surface area contributed by atoms with E-state index in [1.54, 1.807) is 12.5 Å². The lowest BCUT2D eigenvalue weighted by Gasteiger charge is -2.15. The third-order valence-corrected chi connectivity index (χ3v) is 4.37. The third-order valence-electron chi connectivity index (χ3n) is 3.54. The highest BCUT2D eigenvalue weighted by atomic mass is 32.1. The van der Waals surface area contributed by atoms with Crippen molar-refractivity contribution < 1.29 is 19.4 Å². The summed E-state index contributed by atoms with van der Waals surface area (Å²) < 4.78 is 5.06. The van der Waals surface area contributed by atoms with E-state index in [9.17, 15) is 9.59 Å². The number of carboxylic acid groups (broad SMARTS) is 1. The van der Waals surface area contributed by atoms with Gasteiger partial charge < -0.3 is 15.2 Å². The molecular formula is C13H18N2O4S. The number of ether oxygens (including phenoxy) is 1. The largest absolute Gasteiger partial charge is 0.478 e. The Morgan fingerprint density at radius 3 is 2.85 bits per heavy atom. The number of aromatic carboxylic acids is 1. The van der Waals surface area contributed by atoms with Gasteiger partial charge in [-0.25, -0.2) is 9.59 Å². The average molecular weight is 298 g/mol. The fraction of sp³-hybridized carbons (Fsp3) is 0.538. The van der Waals surface area contributed by atoms with Gasteiger partial charge in [-0.2, -0.15) is 0 Å². The number of thiophene rings is 1. The van der Waals surface area contributed by atoms with E-state index in [1.165, 1.54) is 17.4 Å². The molecule has 2 amide bonds. The van der Waals surface area contributed by atoms with E-state index < -0.39 is 5.97 Å². The number of urea groups is 1. The summed E-state index contributed by atoms with van der Waals surface area (Å²) in [5.41, 5.74) is 0.281. The molecule has 0 radical (unpaired) electrons. The lowest BCUT2D eigenvalue weighted by atomic mass is 10.0. The first-order valence-electron chi connectivity index (χ1n) is 6.41. The summed E-state index contributed by atoms with van der Waals surface area (Å²) in [6.45, 7) is 1.29. The Balaban J connectivity index is 1.81. The number of hydrogen-bond acceptors (Lipinski definition) is 4. The van der Waals surface area contributed by atoms with Gasteiger partial charge in [0.1, 0.15) is 5.00 Å². The van der Waals surface area contributed by atoms with Gasteiger partial charge in [-0.1, -0.05) is 0 Å². The van der Waals surface area contributed by atoms with Crippen molar-refractivity contribution in [3.8, 4) is 0 Å². The molecule has 2 rings (SSSR count).